The topological polar surface area (TPSA) is 52.6 Å². The first kappa shape index (κ1) is 13.5. The number of hydrogen-bond acceptors (Lipinski definition) is 3. The Kier molecular flexibility index (Phi) is 4.74. The highest BCUT2D eigenvalue weighted by Crippen LogP contribution is 2.31. The van der Waals surface area contributed by atoms with Crippen molar-refractivity contribution in [1.82, 2.24) is 10.2 Å². The van der Waals surface area contributed by atoms with Crippen molar-refractivity contribution in [3.8, 4) is 0 Å². The average molecular weight is 228 g/mol. The molecule has 1 rings (SSSR count). The minimum Gasteiger partial charge on any atom is -0.389 e. The average Bonchev–Trinajstić information content (AvgIpc) is 2.23. The predicted octanol–water partition coefficient (Wildman–Crippen LogP) is 0.605. The van der Waals surface area contributed by atoms with E-state index in [1.807, 2.05) is 0 Å². The van der Waals surface area contributed by atoms with Crippen LogP contribution in [0.1, 0.15) is 32.6 Å². The van der Waals surface area contributed by atoms with Crippen molar-refractivity contribution >= 4 is 5.91 Å². The van der Waals surface area contributed by atoms with E-state index in [1.165, 1.54) is 0 Å². The normalized spacial score (nSPS) is 30.1. The van der Waals surface area contributed by atoms with Gasteiger partial charge in [0, 0.05) is 20.6 Å². The Balaban J connectivity index is 2.24. The van der Waals surface area contributed by atoms with E-state index in [9.17, 15) is 9.90 Å². The summed E-state index contributed by atoms with van der Waals surface area (Å²) in [5, 5.41) is 13.3. The number of nitrogens with zero attached hydrogens (tertiary/aromatic N) is 1. The van der Waals surface area contributed by atoms with Gasteiger partial charge in [0.05, 0.1) is 12.1 Å². The lowest BCUT2D eigenvalue weighted by atomic mass is 9.79. The molecular formula is C12H24N2O2. The van der Waals surface area contributed by atoms with E-state index < -0.39 is 5.60 Å². The Labute approximate surface area is 98.0 Å². The summed E-state index contributed by atoms with van der Waals surface area (Å²) in [5.41, 5.74) is -0.598. The van der Waals surface area contributed by atoms with Crippen LogP contribution in [0, 0.1) is 5.92 Å². The van der Waals surface area contributed by atoms with Crippen LogP contribution in [0.3, 0.4) is 0 Å². The molecule has 1 aliphatic rings. The van der Waals surface area contributed by atoms with E-state index in [-0.39, 0.29) is 5.91 Å². The molecule has 16 heavy (non-hydrogen) atoms. The van der Waals surface area contributed by atoms with Crippen LogP contribution in [0.15, 0.2) is 0 Å². The van der Waals surface area contributed by atoms with E-state index in [1.54, 1.807) is 19.0 Å². The second-order valence-corrected chi connectivity index (χ2v) is 5.30. The van der Waals surface area contributed by atoms with Gasteiger partial charge in [-0.3, -0.25) is 4.79 Å². The minimum absolute atomic E-state index is 0.0489. The van der Waals surface area contributed by atoms with Gasteiger partial charge >= 0.3 is 0 Å². The molecule has 1 fully saturated rings. The molecule has 0 heterocycles. The van der Waals surface area contributed by atoms with E-state index in [0.717, 1.165) is 31.6 Å². The SMILES string of the molecule is CC1CCC(O)(CNCC(=O)N(C)C)CC1. The summed E-state index contributed by atoms with van der Waals surface area (Å²) in [5.74, 6) is 0.774. The molecule has 1 saturated carbocycles. The second-order valence-electron chi connectivity index (χ2n) is 5.30. The summed E-state index contributed by atoms with van der Waals surface area (Å²) in [6.07, 6.45) is 3.86. The maximum Gasteiger partial charge on any atom is 0.236 e. The Hall–Kier alpha value is -0.610. The van der Waals surface area contributed by atoms with Crippen molar-refractivity contribution in [2.24, 2.45) is 5.92 Å². The molecule has 4 nitrogen and oxygen atoms in total. The summed E-state index contributed by atoms with van der Waals surface area (Å²) in [6, 6.07) is 0. The van der Waals surface area contributed by atoms with Crippen LogP contribution in [0.4, 0.5) is 0 Å². The lowest BCUT2D eigenvalue weighted by Crippen LogP contribution is -2.45. The number of rotatable bonds is 4. The molecule has 0 saturated heterocycles. The van der Waals surface area contributed by atoms with E-state index in [2.05, 4.69) is 12.2 Å². The highest BCUT2D eigenvalue weighted by atomic mass is 16.3. The molecule has 0 aliphatic heterocycles. The summed E-state index contributed by atoms with van der Waals surface area (Å²) in [6.45, 7) is 3.06. The van der Waals surface area contributed by atoms with Crippen molar-refractivity contribution in [2.45, 2.75) is 38.2 Å². The largest absolute Gasteiger partial charge is 0.389 e. The van der Waals surface area contributed by atoms with Gasteiger partial charge in [0.25, 0.3) is 0 Å². The lowest BCUT2D eigenvalue weighted by molar-refractivity contribution is -0.127. The van der Waals surface area contributed by atoms with Crippen LogP contribution in [0.5, 0.6) is 0 Å². The third-order valence-electron chi connectivity index (χ3n) is 3.43. The minimum atomic E-state index is -0.598. The molecular weight excluding hydrogens is 204 g/mol. The van der Waals surface area contributed by atoms with Gasteiger partial charge in [-0.2, -0.15) is 0 Å². The first-order valence-corrected chi connectivity index (χ1v) is 6.06. The zero-order chi connectivity index (χ0) is 12.2. The van der Waals surface area contributed by atoms with Crippen LogP contribution in [-0.4, -0.2) is 48.7 Å². The van der Waals surface area contributed by atoms with Gasteiger partial charge in [-0.15, -0.1) is 0 Å². The smallest absolute Gasteiger partial charge is 0.236 e. The van der Waals surface area contributed by atoms with Gasteiger partial charge in [-0.25, -0.2) is 0 Å². The third-order valence-corrected chi connectivity index (χ3v) is 3.43. The zero-order valence-corrected chi connectivity index (χ0v) is 10.6. The molecule has 0 bridgehead atoms. The molecule has 94 valence electrons. The molecule has 4 heteroatoms. The fourth-order valence-corrected chi connectivity index (χ4v) is 2.04. The zero-order valence-electron chi connectivity index (χ0n) is 10.6. The monoisotopic (exact) mass is 228 g/mol. The molecule has 0 atom stereocenters. The van der Waals surface area contributed by atoms with E-state index in [0.29, 0.717) is 13.1 Å². The van der Waals surface area contributed by atoms with Gasteiger partial charge in [0.2, 0.25) is 5.91 Å². The maximum atomic E-state index is 11.3. The first-order valence-electron chi connectivity index (χ1n) is 6.06. The fourth-order valence-electron chi connectivity index (χ4n) is 2.04. The van der Waals surface area contributed by atoms with Crippen LogP contribution >= 0.6 is 0 Å². The van der Waals surface area contributed by atoms with Gasteiger partial charge in [-0.1, -0.05) is 6.92 Å². The number of carbonyl (C=O) groups excluding carboxylic acids is 1. The molecule has 0 aromatic heterocycles. The van der Waals surface area contributed by atoms with Gasteiger partial charge in [-0.05, 0) is 31.6 Å². The first-order chi connectivity index (χ1) is 7.43. The Bertz CT molecular complexity index is 233. The number of likely N-dealkylation sites (N-methyl/N-ethyl adjacent to an activating group) is 1. The van der Waals surface area contributed by atoms with Crippen LogP contribution < -0.4 is 5.32 Å². The van der Waals surface area contributed by atoms with Crippen LogP contribution in [0.2, 0.25) is 0 Å². The van der Waals surface area contributed by atoms with Gasteiger partial charge in [0.1, 0.15) is 0 Å². The van der Waals surface area contributed by atoms with Gasteiger partial charge in [0.15, 0.2) is 0 Å². The van der Waals surface area contributed by atoms with E-state index in [4.69, 9.17) is 0 Å². The molecule has 1 aliphatic carbocycles. The van der Waals surface area contributed by atoms with E-state index >= 15 is 0 Å². The number of hydrogen-bond donors (Lipinski definition) is 2. The van der Waals surface area contributed by atoms with Crippen molar-refractivity contribution in [1.29, 1.82) is 0 Å². The predicted molar refractivity (Wildman–Crippen MR) is 64.1 cm³/mol. The molecule has 0 radical (unpaired) electrons. The maximum absolute atomic E-state index is 11.3. The van der Waals surface area contributed by atoms with Crippen molar-refractivity contribution < 1.29 is 9.90 Å². The summed E-state index contributed by atoms with van der Waals surface area (Å²) < 4.78 is 0. The number of nitrogens with one attached hydrogen (secondary N) is 1. The molecule has 0 unspecified atom stereocenters. The Morgan fingerprint density at radius 3 is 2.50 bits per heavy atom. The number of amides is 1. The third kappa shape index (κ3) is 4.10. The summed E-state index contributed by atoms with van der Waals surface area (Å²) in [7, 11) is 3.47. The summed E-state index contributed by atoms with van der Waals surface area (Å²) >= 11 is 0. The Morgan fingerprint density at radius 2 is 2.00 bits per heavy atom. The quantitative estimate of drug-likeness (QED) is 0.741. The lowest BCUT2D eigenvalue weighted by Gasteiger charge is -2.35. The fraction of sp³-hybridized carbons (Fsp3) is 0.917. The van der Waals surface area contributed by atoms with Crippen molar-refractivity contribution in [3.63, 3.8) is 0 Å². The highest BCUT2D eigenvalue weighted by Gasteiger charge is 2.31. The second kappa shape index (κ2) is 5.64. The van der Waals surface area contributed by atoms with Crippen LogP contribution in [0.25, 0.3) is 0 Å². The number of carbonyl (C=O) groups is 1. The standard InChI is InChI=1S/C12H24N2O2/c1-10-4-6-12(16,7-5-10)9-13-8-11(15)14(2)3/h10,13,16H,4-9H2,1-3H3. The highest BCUT2D eigenvalue weighted by molar-refractivity contribution is 5.77. The van der Waals surface area contributed by atoms with Crippen molar-refractivity contribution in [3.05, 3.63) is 0 Å². The summed E-state index contributed by atoms with van der Waals surface area (Å²) in [4.78, 5) is 12.9. The Morgan fingerprint density at radius 1 is 1.44 bits per heavy atom. The molecule has 0 aromatic rings. The molecule has 0 spiro atoms. The number of aliphatic hydroxyl groups is 1. The van der Waals surface area contributed by atoms with Gasteiger partial charge < -0.3 is 15.3 Å². The van der Waals surface area contributed by atoms with Crippen molar-refractivity contribution in [2.75, 3.05) is 27.2 Å². The van der Waals surface area contributed by atoms with Crippen LogP contribution in [-0.2, 0) is 4.79 Å². The molecule has 2 N–H and O–H groups in total. The molecule has 0 aromatic carbocycles. The molecule has 1 amide bonds.